The molecule has 1 heterocycles. The van der Waals surface area contributed by atoms with Crippen LogP contribution in [0.15, 0.2) is 23.1 Å². The van der Waals surface area contributed by atoms with Gasteiger partial charge in [0.15, 0.2) is 0 Å². The predicted octanol–water partition coefficient (Wildman–Crippen LogP) is 3.21. The quantitative estimate of drug-likeness (QED) is 0.851. The lowest BCUT2D eigenvalue weighted by molar-refractivity contribution is -0.274. The van der Waals surface area contributed by atoms with Crippen LogP contribution in [0.3, 0.4) is 0 Å². The number of halogens is 3. The lowest BCUT2D eigenvalue weighted by Crippen LogP contribution is -2.37. The zero-order chi connectivity index (χ0) is 18.8. The Kier molecular flexibility index (Phi) is 6.01. The fourth-order valence-electron chi connectivity index (χ4n) is 3.34. The van der Waals surface area contributed by atoms with Crippen LogP contribution in [-0.4, -0.2) is 39.3 Å². The number of likely N-dealkylation sites (tertiary alicyclic amines) is 1. The molecule has 0 aliphatic carbocycles. The lowest BCUT2D eigenvalue weighted by Gasteiger charge is -2.34. The highest BCUT2D eigenvalue weighted by Gasteiger charge is 2.32. The number of benzene rings is 1. The van der Waals surface area contributed by atoms with Crippen molar-refractivity contribution in [2.45, 2.75) is 55.8 Å². The normalized spacial score (nSPS) is 21.1. The number of alkyl halides is 3. The Labute approximate surface area is 146 Å². The molecule has 0 bridgehead atoms. The molecule has 25 heavy (non-hydrogen) atoms. The predicted molar refractivity (Wildman–Crippen MR) is 87.8 cm³/mol. The second-order valence-corrected chi connectivity index (χ2v) is 8.09. The molecule has 142 valence electrons. The Morgan fingerprint density at radius 3 is 2.60 bits per heavy atom. The minimum atomic E-state index is -4.84. The van der Waals surface area contributed by atoms with Gasteiger partial charge in [-0.3, -0.25) is 0 Å². The van der Waals surface area contributed by atoms with Crippen LogP contribution in [0, 0.1) is 0 Å². The van der Waals surface area contributed by atoms with Gasteiger partial charge < -0.3 is 9.64 Å². The molecule has 1 aromatic carbocycles. The first-order chi connectivity index (χ1) is 11.5. The summed E-state index contributed by atoms with van der Waals surface area (Å²) in [4.78, 5) is 2.04. The van der Waals surface area contributed by atoms with E-state index in [1.165, 1.54) is 0 Å². The lowest BCUT2D eigenvalue weighted by atomic mass is 9.89. The van der Waals surface area contributed by atoms with E-state index in [0.29, 0.717) is 6.42 Å². The van der Waals surface area contributed by atoms with Crippen LogP contribution in [-0.2, 0) is 10.0 Å². The van der Waals surface area contributed by atoms with Crippen LogP contribution in [0.1, 0.15) is 44.1 Å². The number of hydrogen-bond acceptors (Lipinski definition) is 4. The van der Waals surface area contributed by atoms with E-state index in [0.717, 1.165) is 44.0 Å². The SMILES string of the molecule is C[C@@H](C[C@H]1CCCCN1C)c1cc(OC(F)(F)F)ccc1S(N)(=O)=O. The minimum Gasteiger partial charge on any atom is -0.406 e. The summed E-state index contributed by atoms with van der Waals surface area (Å²) in [5.41, 5.74) is 0.253. The summed E-state index contributed by atoms with van der Waals surface area (Å²) < 4.78 is 64.9. The summed E-state index contributed by atoms with van der Waals surface area (Å²) in [6, 6.07) is 3.42. The number of primary sulfonamides is 1. The number of rotatable bonds is 5. The van der Waals surface area contributed by atoms with E-state index in [-0.39, 0.29) is 22.4 Å². The highest BCUT2D eigenvalue weighted by molar-refractivity contribution is 7.89. The molecule has 2 atom stereocenters. The van der Waals surface area contributed by atoms with E-state index in [4.69, 9.17) is 5.14 Å². The highest BCUT2D eigenvalue weighted by Crippen LogP contribution is 2.34. The standard InChI is InChI=1S/C16H23F3N2O3S/c1-11(9-12-5-3-4-8-21(12)2)14-10-13(24-16(17,18)19)6-7-15(14)25(20,22)23/h6-7,10-12H,3-5,8-9H2,1-2H3,(H2,20,22,23)/t11-,12+/m0/s1. The molecule has 0 unspecified atom stereocenters. The van der Waals surface area contributed by atoms with Crippen molar-refractivity contribution >= 4 is 10.0 Å². The van der Waals surface area contributed by atoms with Crippen molar-refractivity contribution in [1.82, 2.24) is 4.90 Å². The Bertz CT molecular complexity index is 707. The smallest absolute Gasteiger partial charge is 0.406 e. The van der Waals surface area contributed by atoms with E-state index in [1.807, 2.05) is 7.05 Å². The Balaban J connectivity index is 2.32. The summed E-state index contributed by atoms with van der Waals surface area (Å²) in [5.74, 6) is -0.727. The molecule has 2 N–H and O–H groups in total. The molecule has 1 aromatic rings. The molecule has 0 aromatic heterocycles. The Morgan fingerprint density at radius 2 is 2.04 bits per heavy atom. The molecule has 1 aliphatic heterocycles. The first-order valence-electron chi connectivity index (χ1n) is 8.10. The summed E-state index contributed by atoms with van der Waals surface area (Å²) in [6.07, 6.45) is -1.04. The molecule has 1 fully saturated rings. The second kappa shape index (κ2) is 7.51. The van der Waals surface area contributed by atoms with E-state index in [2.05, 4.69) is 9.64 Å². The molecular formula is C16H23F3N2O3S. The van der Waals surface area contributed by atoms with Crippen LogP contribution in [0.25, 0.3) is 0 Å². The van der Waals surface area contributed by atoms with E-state index < -0.39 is 22.1 Å². The van der Waals surface area contributed by atoms with Gasteiger partial charge in [-0.2, -0.15) is 0 Å². The van der Waals surface area contributed by atoms with Crippen molar-refractivity contribution in [3.8, 4) is 5.75 Å². The zero-order valence-electron chi connectivity index (χ0n) is 14.2. The van der Waals surface area contributed by atoms with Crippen molar-refractivity contribution in [1.29, 1.82) is 0 Å². The topological polar surface area (TPSA) is 72.6 Å². The third-order valence-corrected chi connectivity index (χ3v) is 5.58. The van der Waals surface area contributed by atoms with Crippen molar-refractivity contribution < 1.29 is 26.3 Å². The van der Waals surface area contributed by atoms with Crippen LogP contribution in [0.5, 0.6) is 5.75 Å². The van der Waals surface area contributed by atoms with Gasteiger partial charge in [0.1, 0.15) is 5.75 Å². The zero-order valence-corrected chi connectivity index (χ0v) is 15.0. The van der Waals surface area contributed by atoms with Crippen molar-refractivity contribution in [2.24, 2.45) is 5.14 Å². The monoisotopic (exact) mass is 380 g/mol. The van der Waals surface area contributed by atoms with Gasteiger partial charge in [0.2, 0.25) is 10.0 Å². The van der Waals surface area contributed by atoms with Gasteiger partial charge in [-0.05, 0) is 62.5 Å². The fraction of sp³-hybridized carbons (Fsp3) is 0.625. The Hall–Kier alpha value is -1.32. The average molecular weight is 380 g/mol. The van der Waals surface area contributed by atoms with Gasteiger partial charge >= 0.3 is 6.36 Å². The van der Waals surface area contributed by atoms with Gasteiger partial charge in [0, 0.05) is 6.04 Å². The van der Waals surface area contributed by atoms with Crippen LogP contribution < -0.4 is 9.88 Å². The molecule has 0 spiro atoms. The maximum Gasteiger partial charge on any atom is 0.573 e. The van der Waals surface area contributed by atoms with Crippen molar-refractivity contribution in [3.63, 3.8) is 0 Å². The van der Waals surface area contributed by atoms with Crippen LogP contribution in [0.2, 0.25) is 0 Å². The van der Waals surface area contributed by atoms with Gasteiger partial charge in [0.05, 0.1) is 4.90 Å². The van der Waals surface area contributed by atoms with Crippen LogP contribution in [0.4, 0.5) is 13.2 Å². The fourth-order valence-corrected chi connectivity index (χ4v) is 4.19. The summed E-state index contributed by atoms with van der Waals surface area (Å²) >= 11 is 0. The molecule has 1 saturated heterocycles. The number of ether oxygens (including phenoxy) is 1. The number of hydrogen-bond donors (Lipinski definition) is 1. The molecule has 1 aliphatic rings. The molecule has 0 amide bonds. The molecule has 2 rings (SSSR count). The summed E-state index contributed by atoms with van der Waals surface area (Å²) in [6.45, 7) is 2.75. The van der Waals surface area contributed by atoms with Gasteiger partial charge in [-0.25, -0.2) is 13.6 Å². The van der Waals surface area contributed by atoms with Gasteiger partial charge in [-0.15, -0.1) is 13.2 Å². The Morgan fingerprint density at radius 1 is 1.36 bits per heavy atom. The largest absolute Gasteiger partial charge is 0.573 e. The maximum absolute atomic E-state index is 12.5. The molecule has 9 heteroatoms. The average Bonchev–Trinajstić information content (AvgIpc) is 2.46. The highest BCUT2D eigenvalue weighted by atomic mass is 32.2. The van der Waals surface area contributed by atoms with E-state index in [1.54, 1.807) is 6.92 Å². The van der Waals surface area contributed by atoms with Gasteiger partial charge in [-0.1, -0.05) is 13.3 Å². The molecular weight excluding hydrogens is 357 g/mol. The first kappa shape index (κ1) is 20.0. The van der Waals surface area contributed by atoms with Crippen LogP contribution >= 0.6 is 0 Å². The second-order valence-electron chi connectivity index (χ2n) is 6.56. The molecule has 0 saturated carbocycles. The third kappa shape index (κ3) is 5.58. The number of nitrogens with two attached hydrogens (primary N) is 1. The van der Waals surface area contributed by atoms with Crippen molar-refractivity contribution in [3.05, 3.63) is 23.8 Å². The molecule has 0 radical (unpaired) electrons. The molecule has 5 nitrogen and oxygen atoms in total. The van der Waals surface area contributed by atoms with E-state index in [9.17, 15) is 21.6 Å². The third-order valence-electron chi connectivity index (χ3n) is 4.60. The van der Waals surface area contributed by atoms with E-state index >= 15 is 0 Å². The number of piperidine rings is 1. The summed E-state index contributed by atoms with van der Waals surface area (Å²) in [5, 5.41) is 5.23. The first-order valence-corrected chi connectivity index (χ1v) is 9.65. The van der Waals surface area contributed by atoms with Gasteiger partial charge in [0.25, 0.3) is 0 Å². The minimum absolute atomic E-state index is 0.159. The van der Waals surface area contributed by atoms with Crippen molar-refractivity contribution in [2.75, 3.05) is 13.6 Å². The summed E-state index contributed by atoms with van der Waals surface area (Å²) in [7, 11) is -2.04. The number of nitrogens with zero attached hydrogens (tertiary/aromatic N) is 1. The number of sulfonamides is 1. The maximum atomic E-state index is 12.5.